The highest BCUT2D eigenvalue weighted by Gasteiger charge is 2.20. The van der Waals surface area contributed by atoms with Crippen LogP contribution in [-0.2, 0) is 0 Å². The van der Waals surface area contributed by atoms with E-state index < -0.39 is 0 Å². The van der Waals surface area contributed by atoms with Gasteiger partial charge in [-0.25, -0.2) is 24.9 Å². The quantitative estimate of drug-likeness (QED) is 0.460. The number of nitrogens with zero attached hydrogens (tertiary/aromatic N) is 6. The summed E-state index contributed by atoms with van der Waals surface area (Å²) >= 11 is 0. The monoisotopic (exact) mass is 355 g/mol. The number of pyridine rings is 3. The molecule has 0 aliphatic carbocycles. The molecule has 127 valence electrons. The van der Waals surface area contributed by atoms with Crippen LogP contribution in [0.25, 0.3) is 56.1 Å². The van der Waals surface area contributed by atoms with Gasteiger partial charge in [-0.3, -0.25) is 4.98 Å². The van der Waals surface area contributed by atoms with Crippen molar-refractivity contribution in [3.05, 3.63) is 49.8 Å². The van der Waals surface area contributed by atoms with Crippen LogP contribution in [0.15, 0.2) is 57.0 Å². The lowest BCUT2D eigenvalue weighted by Crippen LogP contribution is -1.94. The molecule has 0 aliphatic heterocycles. The summed E-state index contributed by atoms with van der Waals surface area (Å²) in [5.74, 6) is 0. The van der Waals surface area contributed by atoms with Gasteiger partial charge in [-0.2, -0.15) is 0 Å². The van der Waals surface area contributed by atoms with Crippen molar-refractivity contribution in [2.45, 2.75) is 0 Å². The number of hydrogen-bond acceptors (Lipinski definition) is 9. The topological polar surface area (TPSA) is 117 Å². The van der Waals surface area contributed by atoms with Crippen LogP contribution in [0.2, 0.25) is 0 Å². The first-order valence-corrected chi connectivity index (χ1v) is 7.91. The van der Waals surface area contributed by atoms with Crippen molar-refractivity contribution in [2.24, 2.45) is 0 Å². The molecule has 6 heterocycles. The summed E-state index contributed by atoms with van der Waals surface area (Å²) in [5, 5.41) is 0. The summed E-state index contributed by atoms with van der Waals surface area (Å²) in [6.07, 6.45) is 7.24. The molecular formula is C18H7N6O3. The van der Waals surface area contributed by atoms with Gasteiger partial charge >= 0.3 is 0 Å². The maximum Gasteiger partial charge on any atom is 0.183 e. The van der Waals surface area contributed by atoms with Crippen molar-refractivity contribution < 1.29 is 13.3 Å². The normalized spacial score (nSPS) is 11.7. The first kappa shape index (κ1) is 14.1. The molecule has 0 fully saturated rings. The van der Waals surface area contributed by atoms with Crippen molar-refractivity contribution in [1.29, 1.82) is 0 Å². The van der Waals surface area contributed by atoms with Crippen LogP contribution in [-0.4, -0.2) is 29.9 Å². The molecule has 0 atom stereocenters. The summed E-state index contributed by atoms with van der Waals surface area (Å²) < 4.78 is 16.5. The molecule has 0 bridgehead atoms. The number of hydrogen-bond donors (Lipinski definition) is 0. The van der Waals surface area contributed by atoms with E-state index in [1.165, 1.54) is 25.4 Å². The Morgan fingerprint density at radius 1 is 0.704 bits per heavy atom. The maximum absolute atomic E-state index is 5.55. The largest absolute Gasteiger partial charge is 0.441 e. The van der Waals surface area contributed by atoms with Gasteiger partial charge in [0.1, 0.15) is 33.6 Å². The van der Waals surface area contributed by atoms with Gasteiger partial charge < -0.3 is 13.3 Å². The molecule has 0 aromatic carbocycles. The first-order valence-electron chi connectivity index (χ1n) is 7.91. The molecule has 1 radical (unpaired) electrons. The van der Waals surface area contributed by atoms with Gasteiger partial charge in [-0.1, -0.05) is 0 Å². The summed E-state index contributed by atoms with van der Waals surface area (Å²) in [6, 6.07) is 6.46. The Kier molecular flexibility index (Phi) is 2.70. The van der Waals surface area contributed by atoms with Gasteiger partial charge in [0.05, 0.1) is 5.69 Å². The predicted molar refractivity (Wildman–Crippen MR) is 92.2 cm³/mol. The molecule has 0 aliphatic rings. The van der Waals surface area contributed by atoms with Gasteiger partial charge in [-0.15, -0.1) is 0 Å². The third-order valence-corrected chi connectivity index (χ3v) is 4.21. The minimum Gasteiger partial charge on any atom is -0.441 e. The zero-order chi connectivity index (χ0) is 17.8. The van der Waals surface area contributed by atoms with Crippen molar-refractivity contribution in [1.82, 2.24) is 29.9 Å². The molecule has 0 amide bonds. The summed E-state index contributed by atoms with van der Waals surface area (Å²) in [4.78, 5) is 26.0. The molecule has 6 aromatic rings. The number of aromatic nitrogens is 6. The van der Waals surface area contributed by atoms with Crippen LogP contribution in [0.1, 0.15) is 0 Å². The molecule has 9 heteroatoms. The summed E-state index contributed by atoms with van der Waals surface area (Å²) in [7, 11) is 0. The van der Waals surface area contributed by atoms with E-state index in [1.807, 2.05) is 0 Å². The molecular weight excluding hydrogens is 348 g/mol. The van der Waals surface area contributed by atoms with Crippen LogP contribution >= 0.6 is 0 Å². The van der Waals surface area contributed by atoms with Crippen LogP contribution in [0.4, 0.5) is 0 Å². The van der Waals surface area contributed by atoms with E-state index in [2.05, 4.69) is 31.0 Å². The number of fused-ring (bicyclic) bond motifs is 3. The van der Waals surface area contributed by atoms with E-state index in [-0.39, 0.29) is 0 Å². The van der Waals surface area contributed by atoms with Crippen LogP contribution in [0.5, 0.6) is 0 Å². The fraction of sp³-hybridized carbons (Fsp3) is 0. The summed E-state index contributed by atoms with van der Waals surface area (Å²) in [6.45, 7) is 0. The second-order valence-corrected chi connectivity index (χ2v) is 5.70. The predicted octanol–water partition coefficient (Wildman–Crippen LogP) is 3.43. The highest BCUT2D eigenvalue weighted by Crippen LogP contribution is 2.34. The van der Waals surface area contributed by atoms with Crippen molar-refractivity contribution in [3.8, 4) is 22.8 Å². The Labute approximate surface area is 149 Å². The average Bonchev–Trinajstić information content (AvgIpc) is 3.45. The third-order valence-electron chi connectivity index (χ3n) is 4.21. The molecule has 0 N–H and O–H groups in total. The van der Waals surface area contributed by atoms with E-state index in [1.54, 1.807) is 18.3 Å². The molecule has 0 spiro atoms. The lowest BCUT2D eigenvalue weighted by Gasteiger charge is -2.05. The van der Waals surface area contributed by atoms with Crippen LogP contribution in [0, 0.1) is 6.07 Å². The van der Waals surface area contributed by atoms with Gasteiger partial charge in [0.2, 0.25) is 0 Å². The van der Waals surface area contributed by atoms with E-state index in [0.29, 0.717) is 56.1 Å². The Morgan fingerprint density at radius 3 is 2.41 bits per heavy atom. The van der Waals surface area contributed by atoms with E-state index in [9.17, 15) is 0 Å². The highest BCUT2D eigenvalue weighted by molar-refractivity contribution is 5.97. The zero-order valence-electron chi connectivity index (χ0n) is 13.4. The standard InChI is InChI=1S/C18H7N6O3/c1-3-19-13(16-9(1)21-6-25-16)11-5-12-18(27-8-23-12)15(24-11)14-17-10(2-4-20-14)22-7-26-17/h2-8H. The Bertz CT molecular complexity index is 1450. The summed E-state index contributed by atoms with van der Waals surface area (Å²) in [5.41, 5.74) is 5.39. The smallest absolute Gasteiger partial charge is 0.183 e. The second kappa shape index (κ2) is 5.18. The average molecular weight is 355 g/mol. The fourth-order valence-corrected chi connectivity index (χ4v) is 3.03. The van der Waals surface area contributed by atoms with Crippen molar-refractivity contribution >= 4 is 33.3 Å². The molecule has 0 saturated carbocycles. The van der Waals surface area contributed by atoms with Crippen molar-refractivity contribution in [3.63, 3.8) is 0 Å². The molecule has 0 saturated heterocycles. The van der Waals surface area contributed by atoms with Crippen LogP contribution in [0.3, 0.4) is 0 Å². The third kappa shape index (κ3) is 1.99. The lowest BCUT2D eigenvalue weighted by molar-refractivity contribution is 0.597. The number of rotatable bonds is 2. The first-order chi connectivity index (χ1) is 13.4. The van der Waals surface area contributed by atoms with E-state index in [4.69, 9.17) is 18.2 Å². The van der Waals surface area contributed by atoms with E-state index in [0.717, 1.165) is 0 Å². The molecule has 27 heavy (non-hydrogen) atoms. The highest BCUT2D eigenvalue weighted by atomic mass is 16.3. The van der Waals surface area contributed by atoms with Crippen LogP contribution < -0.4 is 0 Å². The Balaban J connectivity index is 1.70. The maximum atomic E-state index is 5.55. The second-order valence-electron chi connectivity index (χ2n) is 5.70. The zero-order valence-corrected chi connectivity index (χ0v) is 13.4. The molecule has 6 rings (SSSR count). The van der Waals surface area contributed by atoms with Crippen molar-refractivity contribution in [2.75, 3.05) is 0 Å². The molecule has 6 aromatic heterocycles. The fourth-order valence-electron chi connectivity index (χ4n) is 3.03. The minimum atomic E-state index is 0.477. The van der Waals surface area contributed by atoms with E-state index >= 15 is 0 Å². The van der Waals surface area contributed by atoms with Gasteiger partial charge in [0.25, 0.3) is 0 Å². The molecule has 0 unspecified atom stereocenters. The molecule has 9 nitrogen and oxygen atoms in total. The Morgan fingerprint density at radius 2 is 1.48 bits per heavy atom. The minimum absolute atomic E-state index is 0.477. The van der Waals surface area contributed by atoms with Gasteiger partial charge in [0, 0.05) is 18.5 Å². The van der Waals surface area contributed by atoms with Gasteiger partial charge in [0.15, 0.2) is 35.9 Å². The SMILES string of the molecule is [c]1cnc(-c2cc3ncoc3c(-c3nccc4ncoc34)n2)c2ocnc12. The lowest BCUT2D eigenvalue weighted by atomic mass is 10.1. The van der Waals surface area contributed by atoms with Gasteiger partial charge in [-0.05, 0) is 12.1 Å². The Hall–Kier alpha value is -4.14. The number of oxazole rings is 3.